The molecule has 2 aliphatic heterocycles. The molecule has 38 heavy (non-hydrogen) atoms. The molecule has 1 aromatic carbocycles. The Hall–Kier alpha value is -3.03. The predicted molar refractivity (Wildman–Crippen MR) is 144 cm³/mol. The first-order valence-electron chi connectivity index (χ1n) is 13.0. The van der Waals surface area contributed by atoms with Crippen LogP contribution in [-0.4, -0.2) is 85.4 Å². The number of ether oxygens (including phenoxy) is 2. The van der Waals surface area contributed by atoms with Gasteiger partial charge in [0.25, 0.3) is 5.91 Å². The molecule has 3 atom stereocenters. The number of likely N-dealkylation sites (tertiary alicyclic amines) is 1. The van der Waals surface area contributed by atoms with Gasteiger partial charge in [-0.05, 0) is 69.8 Å². The van der Waals surface area contributed by atoms with Crippen LogP contribution in [0, 0.1) is 0 Å². The molecule has 2 heterocycles. The molecule has 0 bridgehead atoms. The highest BCUT2D eigenvalue weighted by molar-refractivity contribution is 7.80. The number of nitrogens with zero attached hydrogens (tertiary/aromatic N) is 1. The van der Waals surface area contributed by atoms with Crippen LogP contribution in [0.5, 0.6) is 11.5 Å². The van der Waals surface area contributed by atoms with Crippen molar-refractivity contribution in [2.24, 2.45) is 11.5 Å². The molecule has 13 heteroatoms. The smallest absolute Gasteiger partial charge is 0.254 e. The van der Waals surface area contributed by atoms with Crippen molar-refractivity contribution in [3.8, 4) is 11.5 Å². The summed E-state index contributed by atoms with van der Waals surface area (Å²) in [6.07, 6.45) is 3.51. The summed E-state index contributed by atoms with van der Waals surface area (Å²) in [6, 6.07) is 2.41. The fourth-order valence-electron chi connectivity index (χ4n) is 4.41. The summed E-state index contributed by atoms with van der Waals surface area (Å²) >= 11 is 4.25. The molecule has 210 valence electrons. The van der Waals surface area contributed by atoms with Crippen LogP contribution in [0.2, 0.25) is 0 Å². The molecule has 0 aromatic heterocycles. The largest absolute Gasteiger partial charge is 0.454 e. The van der Waals surface area contributed by atoms with E-state index in [1.807, 2.05) is 0 Å². The predicted octanol–water partition coefficient (Wildman–Crippen LogP) is -0.487. The van der Waals surface area contributed by atoms with Crippen LogP contribution < -0.4 is 36.9 Å². The van der Waals surface area contributed by atoms with Crippen molar-refractivity contribution in [1.29, 1.82) is 0 Å². The van der Waals surface area contributed by atoms with Crippen LogP contribution in [0.1, 0.15) is 48.9 Å². The van der Waals surface area contributed by atoms with Gasteiger partial charge in [-0.3, -0.25) is 19.2 Å². The molecule has 12 nitrogen and oxygen atoms in total. The number of carbonyl (C=O) groups is 4. The maximum absolute atomic E-state index is 13.2. The van der Waals surface area contributed by atoms with Crippen LogP contribution in [0.15, 0.2) is 18.2 Å². The third kappa shape index (κ3) is 7.74. The van der Waals surface area contributed by atoms with E-state index in [4.69, 9.17) is 20.9 Å². The Morgan fingerprint density at radius 1 is 1.00 bits per heavy atom. The number of fused-ring (bicyclic) bond motifs is 1. The van der Waals surface area contributed by atoms with Crippen molar-refractivity contribution in [3.05, 3.63) is 23.8 Å². The van der Waals surface area contributed by atoms with Gasteiger partial charge in [-0.15, -0.1) is 0 Å². The quantitative estimate of drug-likeness (QED) is 0.133. The van der Waals surface area contributed by atoms with Gasteiger partial charge in [-0.2, -0.15) is 12.6 Å². The molecule has 2 aliphatic rings. The van der Waals surface area contributed by atoms with Gasteiger partial charge >= 0.3 is 0 Å². The van der Waals surface area contributed by atoms with Gasteiger partial charge in [0.2, 0.25) is 24.5 Å². The number of amides is 4. The molecule has 1 aromatic rings. The minimum atomic E-state index is -0.984. The third-order valence-electron chi connectivity index (χ3n) is 6.51. The standard InChI is InChI=1S/C25H38N6O6S/c26-9-2-1-5-17(22(32)28-11-4-10-27)29-23(33)18(14-38)30-24(34)19-6-3-12-31(19)25(35)16-7-8-20-21(13-16)37-15-36-20/h7-8,13,17-19,38H,1-6,9-12,14-15,26-27H2,(H,28,32)(H,29,33)(H,30,34)/t17-,18-,19?/m0/s1. The summed E-state index contributed by atoms with van der Waals surface area (Å²) in [7, 11) is 0. The van der Waals surface area contributed by atoms with Gasteiger partial charge in [-0.25, -0.2) is 0 Å². The second-order valence-corrected chi connectivity index (χ2v) is 9.61. The van der Waals surface area contributed by atoms with Crippen LogP contribution >= 0.6 is 12.6 Å². The number of thiol groups is 1. The normalized spacial score (nSPS) is 17.6. The lowest BCUT2D eigenvalue weighted by atomic mass is 10.1. The van der Waals surface area contributed by atoms with Crippen LogP contribution in [0.3, 0.4) is 0 Å². The Kier molecular flexibility index (Phi) is 11.5. The molecule has 0 spiro atoms. The van der Waals surface area contributed by atoms with E-state index in [-0.39, 0.29) is 24.4 Å². The molecule has 4 amide bonds. The van der Waals surface area contributed by atoms with E-state index in [0.29, 0.717) is 81.8 Å². The molecule has 0 radical (unpaired) electrons. The third-order valence-corrected chi connectivity index (χ3v) is 6.88. The van der Waals surface area contributed by atoms with Gasteiger partial charge in [0.05, 0.1) is 0 Å². The molecule has 1 unspecified atom stereocenters. The van der Waals surface area contributed by atoms with E-state index >= 15 is 0 Å². The molecule has 7 N–H and O–H groups in total. The zero-order valence-corrected chi connectivity index (χ0v) is 22.3. The Morgan fingerprint density at radius 2 is 1.76 bits per heavy atom. The number of hydrogen-bond donors (Lipinski definition) is 6. The molecule has 0 aliphatic carbocycles. The lowest BCUT2D eigenvalue weighted by molar-refractivity contribution is -0.132. The first-order valence-corrected chi connectivity index (χ1v) is 13.6. The van der Waals surface area contributed by atoms with Gasteiger partial charge in [0, 0.05) is 24.4 Å². The highest BCUT2D eigenvalue weighted by Gasteiger charge is 2.37. The Labute approximate surface area is 227 Å². The zero-order chi connectivity index (χ0) is 27.5. The van der Waals surface area contributed by atoms with Crippen molar-refractivity contribution < 1.29 is 28.7 Å². The minimum absolute atomic E-state index is 0.0186. The molecule has 3 rings (SSSR count). The van der Waals surface area contributed by atoms with Gasteiger partial charge in [0.15, 0.2) is 11.5 Å². The fourth-order valence-corrected chi connectivity index (χ4v) is 4.67. The van der Waals surface area contributed by atoms with E-state index in [1.165, 1.54) is 4.90 Å². The number of unbranched alkanes of at least 4 members (excludes halogenated alkanes) is 1. The van der Waals surface area contributed by atoms with E-state index in [1.54, 1.807) is 18.2 Å². The zero-order valence-electron chi connectivity index (χ0n) is 21.4. The number of benzene rings is 1. The monoisotopic (exact) mass is 550 g/mol. The summed E-state index contributed by atoms with van der Waals surface area (Å²) < 4.78 is 10.7. The Morgan fingerprint density at radius 3 is 2.50 bits per heavy atom. The first kappa shape index (κ1) is 29.5. The van der Waals surface area contributed by atoms with Crippen molar-refractivity contribution in [3.63, 3.8) is 0 Å². The fraction of sp³-hybridized carbons (Fsp3) is 0.600. The number of nitrogens with one attached hydrogen (secondary N) is 3. The summed E-state index contributed by atoms with van der Waals surface area (Å²) in [5, 5.41) is 8.23. The molecular formula is C25H38N6O6S. The van der Waals surface area contributed by atoms with E-state index in [0.717, 1.165) is 0 Å². The van der Waals surface area contributed by atoms with Crippen molar-refractivity contribution >= 4 is 36.3 Å². The molecular weight excluding hydrogens is 512 g/mol. The maximum Gasteiger partial charge on any atom is 0.254 e. The molecule has 0 saturated carbocycles. The van der Waals surface area contributed by atoms with Crippen molar-refractivity contribution in [1.82, 2.24) is 20.9 Å². The van der Waals surface area contributed by atoms with Gasteiger partial charge < -0.3 is 41.8 Å². The summed E-state index contributed by atoms with van der Waals surface area (Å²) in [6.45, 7) is 1.83. The maximum atomic E-state index is 13.2. The highest BCUT2D eigenvalue weighted by Crippen LogP contribution is 2.33. The lowest BCUT2D eigenvalue weighted by Crippen LogP contribution is -2.57. The molecule has 1 saturated heterocycles. The van der Waals surface area contributed by atoms with Crippen LogP contribution in [0.25, 0.3) is 0 Å². The van der Waals surface area contributed by atoms with E-state index < -0.39 is 29.9 Å². The number of rotatable bonds is 14. The average molecular weight is 551 g/mol. The summed E-state index contributed by atoms with van der Waals surface area (Å²) in [5.41, 5.74) is 11.4. The van der Waals surface area contributed by atoms with E-state index in [2.05, 4.69) is 28.6 Å². The summed E-state index contributed by atoms with van der Waals surface area (Å²) in [5.74, 6) is -0.522. The van der Waals surface area contributed by atoms with Crippen LogP contribution in [0.4, 0.5) is 0 Å². The number of hydrogen-bond acceptors (Lipinski definition) is 9. The summed E-state index contributed by atoms with van der Waals surface area (Å²) in [4.78, 5) is 53.6. The number of nitrogens with two attached hydrogens (primary N) is 2. The van der Waals surface area contributed by atoms with Crippen LogP contribution in [-0.2, 0) is 14.4 Å². The van der Waals surface area contributed by atoms with Crippen molar-refractivity contribution in [2.75, 3.05) is 38.7 Å². The second-order valence-electron chi connectivity index (χ2n) is 9.25. The number of carbonyl (C=O) groups excluding carboxylic acids is 4. The Balaban J connectivity index is 1.61. The minimum Gasteiger partial charge on any atom is -0.454 e. The van der Waals surface area contributed by atoms with Gasteiger partial charge in [0.1, 0.15) is 18.1 Å². The highest BCUT2D eigenvalue weighted by atomic mass is 32.1. The van der Waals surface area contributed by atoms with Gasteiger partial charge in [-0.1, -0.05) is 0 Å². The second kappa shape index (κ2) is 14.8. The van der Waals surface area contributed by atoms with E-state index in [9.17, 15) is 19.2 Å². The SMILES string of the molecule is NCCCC[C@H](NC(=O)[C@H](CS)NC(=O)C1CCCN1C(=O)c1ccc2c(c1)OCO2)C(=O)NCCCN. The topological polar surface area (TPSA) is 178 Å². The lowest BCUT2D eigenvalue weighted by Gasteiger charge is -2.27. The molecule has 1 fully saturated rings. The first-order chi connectivity index (χ1) is 18.4. The van der Waals surface area contributed by atoms with Crippen molar-refractivity contribution in [2.45, 2.75) is 56.7 Å². The average Bonchev–Trinajstić information content (AvgIpc) is 3.60. The Bertz CT molecular complexity index is 995.